The lowest BCUT2D eigenvalue weighted by atomic mass is 10.1. The molecule has 0 fully saturated rings. The lowest BCUT2D eigenvalue weighted by Gasteiger charge is -2.09. The van der Waals surface area contributed by atoms with Crippen molar-refractivity contribution in [1.29, 1.82) is 0 Å². The molecule has 0 heterocycles. The van der Waals surface area contributed by atoms with Crippen LogP contribution in [-0.4, -0.2) is 20.9 Å². The number of benzene rings is 1. The molecule has 0 atom stereocenters. The smallest absolute Gasteiger partial charge is 0.216 e. The lowest BCUT2D eigenvalue weighted by Crippen LogP contribution is -2.31. The van der Waals surface area contributed by atoms with Gasteiger partial charge in [-0.25, -0.2) is 13.1 Å². The van der Waals surface area contributed by atoms with Gasteiger partial charge in [-0.05, 0) is 25.0 Å². The number of hydrogen-bond acceptors (Lipinski definition) is 3. The predicted molar refractivity (Wildman–Crippen MR) is 70.2 cm³/mol. The maximum Gasteiger partial charge on any atom is 0.216 e. The van der Waals surface area contributed by atoms with E-state index < -0.39 is 10.0 Å². The Morgan fingerprint density at radius 3 is 2.22 bits per heavy atom. The van der Waals surface area contributed by atoms with Crippen LogP contribution in [0.25, 0.3) is 0 Å². The third-order valence-corrected chi connectivity index (χ3v) is 3.73. The highest BCUT2D eigenvalue weighted by Crippen LogP contribution is 2.08. The molecular formula is C12H18N2O3S. The van der Waals surface area contributed by atoms with E-state index >= 15 is 0 Å². The topological polar surface area (TPSA) is 75.3 Å². The monoisotopic (exact) mass is 270 g/mol. The summed E-state index contributed by atoms with van der Waals surface area (Å²) in [5, 5.41) is 2.55. The molecule has 0 spiro atoms. The first-order valence-corrected chi connectivity index (χ1v) is 7.33. The van der Waals surface area contributed by atoms with Gasteiger partial charge in [0.15, 0.2) is 0 Å². The van der Waals surface area contributed by atoms with E-state index in [-0.39, 0.29) is 11.8 Å². The summed E-state index contributed by atoms with van der Waals surface area (Å²) in [5.41, 5.74) is 1.65. The minimum Gasteiger partial charge on any atom is -0.355 e. The molecule has 0 radical (unpaired) electrons. The van der Waals surface area contributed by atoms with Crippen LogP contribution in [0.15, 0.2) is 24.3 Å². The maximum absolute atomic E-state index is 11.7. The predicted octanol–water partition coefficient (Wildman–Crippen LogP) is 0.760. The summed E-state index contributed by atoms with van der Waals surface area (Å²) in [7, 11) is -3.29. The first kappa shape index (κ1) is 14.7. The zero-order valence-corrected chi connectivity index (χ0v) is 11.3. The number of nitrogens with one attached hydrogen (secondary N) is 2. The Hall–Kier alpha value is -1.40. The second-order valence-corrected chi connectivity index (χ2v) is 6.10. The van der Waals surface area contributed by atoms with Crippen LogP contribution in [0.1, 0.15) is 25.0 Å². The first-order chi connectivity index (χ1) is 8.43. The molecule has 0 aromatic heterocycles. The van der Waals surface area contributed by atoms with Crippen molar-refractivity contribution in [3.05, 3.63) is 35.4 Å². The largest absolute Gasteiger partial charge is 0.355 e. The zero-order valence-electron chi connectivity index (χ0n) is 10.5. The van der Waals surface area contributed by atoms with Crippen LogP contribution in [0, 0.1) is 0 Å². The molecule has 6 heteroatoms. The summed E-state index contributed by atoms with van der Waals surface area (Å²) in [5.74, 6) is -0.0351. The van der Waals surface area contributed by atoms with Gasteiger partial charge in [0.1, 0.15) is 0 Å². The number of sulfonamides is 1. The van der Waals surface area contributed by atoms with Gasteiger partial charge in [-0.15, -0.1) is 0 Å². The molecule has 1 aromatic rings. The van der Waals surface area contributed by atoms with E-state index in [9.17, 15) is 13.2 Å². The summed E-state index contributed by atoms with van der Waals surface area (Å²) in [6.45, 7) is 4.01. The Morgan fingerprint density at radius 2 is 1.72 bits per heavy atom. The van der Waals surface area contributed by atoms with E-state index in [2.05, 4.69) is 10.0 Å². The van der Waals surface area contributed by atoms with Crippen LogP contribution >= 0.6 is 0 Å². The third-order valence-electron chi connectivity index (χ3n) is 2.18. The highest BCUT2D eigenvalue weighted by Gasteiger charge is 2.12. The van der Waals surface area contributed by atoms with Crippen LogP contribution in [0.3, 0.4) is 0 Å². The molecule has 2 N–H and O–H groups in total. The van der Waals surface area contributed by atoms with Crippen LogP contribution in [0.2, 0.25) is 0 Å². The van der Waals surface area contributed by atoms with Crippen molar-refractivity contribution in [2.45, 2.75) is 32.2 Å². The maximum atomic E-state index is 11.7. The molecule has 1 aromatic carbocycles. The molecule has 0 aliphatic rings. The highest BCUT2D eigenvalue weighted by atomic mass is 32.2. The molecule has 5 nitrogen and oxygen atoms in total. The Bertz CT molecular complexity index is 481. The lowest BCUT2D eigenvalue weighted by molar-refractivity contribution is -0.109. The Kier molecular flexibility index (Phi) is 5.30. The highest BCUT2D eigenvalue weighted by molar-refractivity contribution is 7.88. The molecule has 0 unspecified atom stereocenters. The van der Waals surface area contributed by atoms with E-state index in [1.54, 1.807) is 38.1 Å². The Morgan fingerprint density at radius 1 is 1.17 bits per heavy atom. The second kappa shape index (κ2) is 6.51. The van der Waals surface area contributed by atoms with Gasteiger partial charge in [0.25, 0.3) is 0 Å². The van der Waals surface area contributed by atoms with Gasteiger partial charge in [-0.2, -0.15) is 0 Å². The molecule has 18 heavy (non-hydrogen) atoms. The fraction of sp³-hybridized carbons (Fsp3) is 0.417. The average molecular weight is 270 g/mol. The van der Waals surface area contributed by atoms with E-state index in [1.807, 2.05) is 0 Å². The van der Waals surface area contributed by atoms with Crippen molar-refractivity contribution in [2.75, 3.05) is 0 Å². The standard InChI is InChI=1S/C12H18N2O3S/c1-10(2)14-18(16,17)8-12-5-3-11(4-6-12)7-13-9-15/h3-6,9-10,14H,7-8H2,1-2H3,(H,13,15). The Balaban J connectivity index is 2.66. The number of rotatable bonds is 7. The van der Waals surface area contributed by atoms with Crippen LogP contribution in [-0.2, 0) is 27.1 Å². The van der Waals surface area contributed by atoms with Crippen molar-refractivity contribution in [2.24, 2.45) is 0 Å². The minimum absolute atomic E-state index is 0.0351. The first-order valence-electron chi connectivity index (χ1n) is 5.68. The van der Waals surface area contributed by atoms with Crippen molar-refractivity contribution in [1.82, 2.24) is 10.0 Å². The molecule has 0 saturated carbocycles. The van der Waals surface area contributed by atoms with E-state index in [1.165, 1.54) is 0 Å². The van der Waals surface area contributed by atoms with Gasteiger partial charge in [-0.3, -0.25) is 4.79 Å². The van der Waals surface area contributed by atoms with E-state index in [0.29, 0.717) is 13.0 Å². The van der Waals surface area contributed by atoms with Crippen molar-refractivity contribution in [3.8, 4) is 0 Å². The molecule has 0 aliphatic carbocycles. The van der Waals surface area contributed by atoms with Gasteiger partial charge in [0.2, 0.25) is 16.4 Å². The van der Waals surface area contributed by atoms with Crippen molar-refractivity contribution in [3.63, 3.8) is 0 Å². The van der Waals surface area contributed by atoms with Crippen molar-refractivity contribution < 1.29 is 13.2 Å². The summed E-state index contributed by atoms with van der Waals surface area (Å²) in [4.78, 5) is 10.1. The van der Waals surface area contributed by atoms with Gasteiger partial charge in [0, 0.05) is 12.6 Å². The fourth-order valence-electron chi connectivity index (χ4n) is 1.53. The van der Waals surface area contributed by atoms with Crippen LogP contribution < -0.4 is 10.0 Å². The van der Waals surface area contributed by atoms with Crippen molar-refractivity contribution >= 4 is 16.4 Å². The minimum atomic E-state index is -3.29. The number of carbonyl (C=O) groups is 1. The van der Waals surface area contributed by atoms with E-state index in [4.69, 9.17) is 0 Å². The molecule has 0 aliphatic heterocycles. The summed E-state index contributed by atoms with van der Waals surface area (Å²) in [6.07, 6.45) is 0.630. The fourth-order valence-corrected chi connectivity index (χ4v) is 2.97. The summed E-state index contributed by atoms with van der Waals surface area (Å²) < 4.78 is 25.9. The number of carbonyl (C=O) groups excluding carboxylic acids is 1. The van der Waals surface area contributed by atoms with E-state index in [0.717, 1.165) is 11.1 Å². The molecular weight excluding hydrogens is 252 g/mol. The van der Waals surface area contributed by atoms with Crippen LogP contribution in [0.5, 0.6) is 0 Å². The Labute approximate surface area is 108 Å². The third kappa shape index (κ3) is 5.29. The zero-order chi connectivity index (χ0) is 13.6. The van der Waals surface area contributed by atoms with Gasteiger partial charge in [0.05, 0.1) is 5.75 Å². The molecule has 100 valence electrons. The summed E-state index contributed by atoms with van der Waals surface area (Å²) in [6, 6.07) is 7.00. The van der Waals surface area contributed by atoms with Gasteiger partial charge >= 0.3 is 0 Å². The molecule has 1 rings (SSSR count). The van der Waals surface area contributed by atoms with Crippen LogP contribution in [0.4, 0.5) is 0 Å². The molecule has 1 amide bonds. The quantitative estimate of drug-likeness (QED) is 0.718. The van der Waals surface area contributed by atoms with Gasteiger partial charge in [-0.1, -0.05) is 24.3 Å². The second-order valence-electron chi connectivity index (χ2n) is 4.35. The van der Waals surface area contributed by atoms with Gasteiger partial charge < -0.3 is 5.32 Å². The molecule has 0 saturated heterocycles. The average Bonchev–Trinajstić information content (AvgIpc) is 2.26. The number of hydrogen-bond donors (Lipinski definition) is 2. The number of amides is 1. The molecule has 0 bridgehead atoms. The summed E-state index contributed by atoms with van der Waals surface area (Å²) >= 11 is 0. The normalized spacial score (nSPS) is 11.5. The SMILES string of the molecule is CC(C)NS(=O)(=O)Cc1ccc(CNC=O)cc1.